The maximum atomic E-state index is 6.10. The molecule has 118 valence electrons. The molecule has 1 aliphatic heterocycles. The van der Waals surface area contributed by atoms with Crippen LogP contribution < -0.4 is 5.73 Å². The Morgan fingerprint density at radius 3 is 2.67 bits per heavy atom. The van der Waals surface area contributed by atoms with E-state index in [-0.39, 0.29) is 0 Å². The molecular formula is C18H29BrN2. The third-order valence-electron chi connectivity index (χ3n) is 4.88. The van der Waals surface area contributed by atoms with Crippen LogP contribution in [0, 0.1) is 11.3 Å². The number of halogens is 1. The van der Waals surface area contributed by atoms with E-state index in [4.69, 9.17) is 5.73 Å². The van der Waals surface area contributed by atoms with E-state index >= 15 is 0 Å². The number of hydrogen-bond donors (Lipinski definition) is 1. The van der Waals surface area contributed by atoms with E-state index in [2.05, 4.69) is 65.9 Å². The second-order valence-corrected chi connectivity index (χ2v) is 8.25. The van der Waals surface area contributed by atoms with Crippen molar-refractivity contribution < 1.29 is 0 Å². The van der Waals surface area contributed by atoms with Crippen LogP contribution in [-0.2, 0) is 0 Å². The van der Waals surface area contributed by atoms with E-state index in [0.717, 1.165) is 16.9 Å². The van der Waals surface area contributed by atoms with Crippen LogP contribution in [0.4, 0.5) is 0 Å². The fourth-order valence-corrected chi connectivity index (χ4v) is 3.92. The molecule has 0 radical (unpaired) electrons. The number of nitrogens with zero attached hydrogens (tertiary/aromatic N) is 1. The Labute approximate surface area is 138 Å². The predicted molar refractivity (Wildman–Crippen MR) is 94.3 cm³/mol. The van der Waals surface area contributed by atoms with Crippen molar-refractivity contribution in [2.75, 3.05) is 19.6 Å². The van der Waals surface area contributed by atoms with Crippen LogP contribution in [0.15, 0.2) is 28.7 Å². The van der Waals surface area contributed by atoms with Crippen LogP contribution in [0.25, 0.3) is 0 Å². The molecule has 1 aromatic rings. The van der Waals surface area contributed by atoms with Gasteiger partial charge >= 0.3 is 0 Å². The molecule has 0 bridgehead atoms. The van der Waals surface area contributed by atoms with Crippen LogP contribution in [0.3, 0.4) is 0 Å². The Balaban J connectivity index is 2.09. The fraction of sp³-hybridized carbons (Fsp3) is 0.667. The molecule has 0 saturated carbocycles. The van der Waals surface area contributed by atoms with Gasteiger partial charge in [-0.15, -0.1) is 0 Å². The van der Waals surface area contributed by atoms with Gasteiger partial charge in [-0.1, -0.05) is 48.8 Å². The molecule has 21 heavy (non-hydrogen) atoms. The molecule has 2 atom stereocenters. The summed E-state index contributed by atoms with van der Waals surface area (Å²) < 4.78 is 1.14. The minimum atomic E-state index is 0.348. The molecule has 0 spiro atoms. The summed E-state index contributed by atoms with van der Waals surface area (Å²) in [5, 5.41) is 0. The molecule has 0 aliphatic carbocycles. The summed E-state index contributed by atoms with van der Waals surface area (Å²) in [4.78, 5) is 2.59. The lowest BCUT2D eigenvalue weighted by molar-refractivity contribution is 0.185. The standard InChI is InChI=1S/C18H29BrN2/c1-18(2,3)15-7-5-10-21(11-9-15)17(13-20)14-6-4-8-16(19)12-14/h4,6,8,12,15,17H,5,7,9-11,13,20H2,1-3H3. The maximum absolute atomic E-state index is 6.10. The monoisotopic (exact) mass is 352 g/mol. The average Bonchev–Trinajstić information content (AvgIpc) is 2.65. The molecule has 1 fully saturated rings. The summed E-state index contributed by atoms with van der Waals surface area (Å²) in [5.41, 5.74) is 7.86. The molecule has 1 saturated heterocycles. The van der Waals surface area contributed by atoms with Crippen molar-refractivity contribution in [2.24, 2.45) is 17.1 Å². The molecule has 2 N–H and O–H groups in total. The second kappa shape index (κ2) is 7.26. The van der Waals surface area contributed by atoms with Crippen LogP contribution in [0.2, 0.25) is 0 Å². The van der Waals surface area contributed by atoms with Gasteiger partial charge in [-0.05, 0) is 61.4 Å². The molecule has 2 rings (SSSR count). The molecule has 3 heteroatoms. The summed E-state index contributed by atoms with van der Waals surface area (Å²) in [7, 11) is 0. The molecular weight excluding hydrogens is 324 g/mol. The lowest BCUT2D eigenvalue weighted by atomic mass is 9.77. The fourth-order valence-electron chi connectivity index (χ4n) is 3.51. The van der Waals surface area contributed by atoms with E-state index in [9.17, 15) is 0 Å². The van der Waals surface area contributed by atoms with Gasteiger partial charge in [0.15, 0.2) is 0 Å². The highest BCUT2D eigenvalue weighted by molar-refractivity contribution is 9.10. The Hall–Kier alpha value is -0.380. The molecule has 2 unspecified atom stereocenters. The van der Waals surface area contributed by atoms with Crippen molar-refractivity contribution in [3.63, 3.8) is 0 Å². The van der Waals surface area contributed by atoms with Crippen molar-refractivity contribution in [1.82, 2.24) is 4.90 Å². The second-order valence-electron chi connectivity index (χ2n) is 7.34. The first-order valence-electron chi connectivity index (χ1n) is 8.11. The third-order valence-corrected chi connectivity index (χ3v) is 5.38. The van der Waals surface area contributed by atoms with Crippen LogP contribution in [0.5, 0.6) is 0 Å². The predicted octanol–water partition coefficient (Wildman–Crippen LogP) is 4.60. The zero-order valence-corrected chi connectivity index (χ0v) is 15.2. The van der Waals surface area contributed by atoms with Crippen LogP contribution >= 0.6 is 15.9 Å². The summed E-state index contributed by atoms with van der Waals surface area (Å²) in [6, 6.07) is 8.95. The van der Waals surface area contributed by atoms with Gasteiger partial charge in [-0.25, -0.2) is 0 Å². The lowest BCUT2D eigenvalue weighted by Gasteiger charge is -2.32. The van der Waals surface area contributed by atoms with Gasteiger partial charge < -0.3 is 5.73 Å². The minimum Gasteiger partial charge on any atom is -0.329 e. The van der Waals surface area contributed by atoms with Crippen LogP contribution in [-0.4, -0.2) is 24.5 Å². The third kappa shape index (κ3) is 4.54. The Bertz CT molecular complexity index is 453. The summed E-state index contributed by atoms with van der Waals surface area (Å²) >= 11 is 3.58. The first-order chi connectivity index (χ1) is 9.91. The van der Waals surface area contributed by atoms with Crippen molar-refractivity contribution in [2.45, 2.75) is 46.1 Å². The van der Waals surface area contributed by atoms with Crippen molar-refractivity contribution >= 4 is 15.9 Å². The number of likely N-dealkylation sites (tertiary alicyclic amines) is 1. The minimum absolute atomic E-state index is 0.348. The lowest BCUT2D eigenvalue weighted by Crippen LogP contribution is -2.35. The zero-order chi connectivity index (χ0) is 15.5. The van der Waals surface area contributed by atoms with Crippen molar-refractivity contribution in [3.8, 4) is 0 Å². The molecule has 2 nitrogen and oxygen atoms in total. The van der Waals surface area contributed by atoms with Gasteiger partial charge in [0.2, 0.25) is 0 Å². The normalized spacial score (nSPS) is 22.8. The summed E-state index contributed by atoms with van der Waals surface area (Å²) in [6.45, 7) is 10.2. The highest BCUT2D eigenvalue weighted by Crippen LogP contribution is 2.36. The summed E-state index contributed by atoms with van der Waals surface area (Å²) in [6.07, 6.45) is 3.91. The molecule has 0 amide bonds. The highest BCUT2D eigenvalue weighted by atomic mass is 79.9. The number of hydrogen-bond acceptors (Lipinski definition) is 2. The summed E-state index contributed by atoms with van der Waals surface area (Å²) in [5.74, 6) is 0.823. The van der Waals surface area contributed by atoms with Gasteiger partial charge in [0.05, 0.1) is 0 Å². The first kappa shape index (κ1) is 17.0. The molecule has 0 aromatic heterocycles. The number of rotatable bonds is 3. The van der Waals surface area contributed by atoms with E-state index < -0.39 is 0 Å². The average molecular weight is 353 g/mol. The number of nitrogens with two attached hydrogens (primary N) is 1. The zero-order valence-electron chi connectivity index (χ0n) is 13.6. The highest BCUT2D eigenvalue weighted by Gasteiger charge is 2.29. The van der Waals surface area contributed by atoms with E-state index in [1.54, 1.807) is 0 Å². The Morgan fingerprint density at radius 2 is 2.05 bits per heavy atom. The van der Waals surface area contributed by atoms with E-state index in [0.29, 0.717) is 18.0 Å². The Morgan fingerprint density at radius 1 is 1.29 bits per heavy atom. The van der Waals surface area contributed by atoms with Gasteiger partial charge in [0.1, 0.15) is 0 Å². The van der Waals surface area contributed by atoms with Gasteiger partial charge in [0.25, 0.3) is 0 Å². The van der Waals surface area contributed by atoms with Crippen LogP contribution in [0.1, 0.15) is 51.6 Å². The molecule has 1 heterocycles. The Kier molecular flexibility index (Phi) is 5.87. The maximum Gasteiger partial charge on any atom is 0.0470 e. The van der Waals surface area contributed by atoms with Crippen molar-refractivity contribution in [3.05, 3.63) is 34.3 Å². The topological polar surface area (TPSA) is 29.3 Å². The van der Waals surface area contributed by atoms with E-state index in [1.807, 2.05) is 0 Å². The molecule has 1 aliphatic rings. The smallest absolute Gasteiger partial charge is 0.0470 e. The quantitative estimate of drug-likeness (QED) is 0.861. The van der Waals surface area contributed by atoms with Gasteiger partial charge in [-0.2, -0.15) is 0 Å². The van der Waals surface area contributed by atoms with Gasteiger partial charge in [0, 0.05) is 17.1 Å². The van der Waals surface area contributed by atoms with Gasteiger partial charge in [-0.3, -0.25) is 4.90 Å². The first-order valence-corrected chi connectivity index (χ1v) is 8.90. The largest absolute Gasteiger partial charge is 0.329 e. The van der Waals surface area contributed by atoms with Crippen molar-refractivity contribution in [1.29, 1.82) is 0 Å². The van der Waals surface area contributed by atoms with E-state index in [1.165, 1.54) is 31.4 Å². The number of benzene rings is 1. The SMILES string of the molecule is CC(C)(C)C1CCCN(C(CN)c2cccc(Br)c2)CC1. The molecule has 1 aromatic carbocycles.